The molecule has 0 saturated heterocycles. The summed E-state index contributed by atoms with van der Waals surface area (Å²) in [6.07, 6.45) is 0.969. The number of benzene rings is 1. The number of halogens is 2. The van der Waals surface area contributed by atoms with Gasteiger partial charge in [0.05, 0.1) is 6.10 Å². The number of carbonyl (C=O) groups excluding carboxylic acids is 1. The fourth-order valence-electron chi connectivity index (χ4n) is 1.76. The van der Waals surface area contributed by atoms with Crippen molar-refractivity contribution >= 4 is 5.78 Å². The number of alkyl halides is 2. The Morgan fingerprint density at radius 3 is 2.33 bits per heavy atom. The Balaban J connectivity index is 3.04. The van der Waals surface area contributed by atoms with Gasteiger partial charge in [0.15, 0.2) is 17.3 Å². The highest BCUT2D eigenvalue weighted by Gasteiger charge is 2.16. The summed E-state index contributed by atoms with van der Waals surface area (Å²) in [5.74, 6) is 0.321. The predicted octanol–water partition coefficient (Wildman–Crippen LogP) is 4.69. The van der Waals surface area contributed by atoms with E-state index in [9.17, 15) is 13.6 Å². The molecule has 0 aliphatic heterocycles. The third kappa shape index (κ3) is 5.69. The molecule has 1 aromatic carbocycles. The molecule has 0 amide bonds. The first kappa shape index (κ1) is 17.4. The summed E-state index contributed by atoms with van der Waals surface area (Å²) < 4.78 is 34.8. The highest BCUT2D eigenvalue weighted by atomic mass is 19.3. The lowest BCUT2D eigenvalue weighted by atomic mass is 10.0. The smallest absolute Gasteiger partial charge is 0.387 e. The summed E-state index contributed by atoms with van der Waals surface area (Å²) in [4.78, 5) is 12.1. The van der Waals surface area contributed by atoms with Crippen LogP contribution in [0, 0.1) is 5.92 Å². The monoisotopic (exact) mass is 300 g/mol. The lowest BCUT2D eigenvalue weighted by Crippen LogP contribution is -2.13. The second-order valence-corrected chi connectivity index (χ2v) is 5.40. The zero-order valence-corrected chi connectivity index (χ0v) is 12.9. The number of hydrogen-bond donors (Lipinski definition) is 0. The minimum atomic E-state index is -2.93. The molecule has 0 bridgehead atoms. The molecule has 0 radical (unpaired) electrons. The number of carbonyl (C=O) groups is 1. The molecule has 3 nitrogen and oxygen atoms in total. The van der Waals surface area contributed by atoms with Gasteiger partial charge in [-0.2, -0.15) is 8.78 Å². The zero-order valence-electron chi connectivity index (χ0n) is 12.9. The minimum absolute atomic E-state index is 0.0393. The van der Waals surface area contributed by atoms with Crippen molar-refractivity contribution < 1.29 is 23.0 Å². The fraction of sp³-hybridized carbons (Fsp3) is 0.562. The number of hydrogen-bond acceptors (Lipinski definition) is 3. The van der Waals surface area contributed by atoms with E-state index < -0.39 is 6.61 Å². The molecule has 21 heavy (non-hydrogen) atoms. The molecule has 0 fully saturated rings. The van der Waals surface area contributed by atoms with Gasteiger partial charge in [-0.15, -0.1) is 0 Å². The Labute approximate surface area is 124 Å². The van der Waals surface area contributed by atoms with Gasteiger partial charge in [-0.3, -0.25) is 4.79 Å². The normalized spacial score (nSPS) is 12.6. The Bertz CT molecular complexity index is 473. The van der Waals surface area contributed by atoms with Crippen LogP contribution in [0.1, 0.15) is 50.9 Å². The minimum Gasteiger partial charge on any atom is -0.487 e. The molecular formula is C16H22F2O3. The Morgan fingerprint density at radius 2 is 1.81 bits per heavy atom. The first-order chi connectivity index (χ1) is 9.83. The standard InChI is InChI=1S/C16H22F2O3/c1-5-11(4)20-15-9-12(13(19)8-10(2)3)6-7-14(15)21-16(17)18/h6-7,9-11,16H,5,8H2,1-4H3. The van der Waals surface area contributed by atoms with Gasteiger partial charge in [0, 0.05) is 12.0 Å². The zero-order chi connectivity index (χ0) is 16.0. The molecule has 1 rings (SSSR count). The van der Waals surface area contributed by atoms with Crippen LogP contribution in [0.2, 0.25) is 0 Å². The van der Waals surface area contributed by atoms with E-state index in [1.165, 1.54) is 18.2 Å². The van der Waals surface area contributed by atoms with Crippen LogP contribution in [0.3, 0.4) is 0 Å². The van der Waals surface area contributed by atoms with Crippen molar-refractivity contribution in [3.63, 3.8) is 0 Å². The lowest BCUT2D eigenvalue weighted by Gasteiger charge is -2.17. The summed E-state index contributed by atoms with van der Waals surface area (Å²) in [6.45, 7) is 4.72. The van der Waals surface area contributed by atoms with E-state index in [2.05, 4.69) is 4.74 Å². The molecule has 0 N–H and O–H groups in total. The molecule has 0 aliphatic carbocycles. The number of ketones is 1. The summed E-state index contributed by atoms with van der Waals surface area (Å²) in [7, 11) is 0. The van der Waals surface area contributed by atoms with Gasteiger partial charge >= 0.3 is 6.61 Å². The predicted molar refractivity (Wildman–Crippen MR) is 77.2 cm³/mol. The maximum Gasteiger partial charge on any atom is 0.387 e. The molecule has 0 spiro atoms. The van der Waals surface area contributed by atoms with Gasteiger partial charge in [0.25, 0.3) is 0 Å². The van der Waals surface area contributed by atoms with Gasteiger partial charge in [-0.1, -0.05) is 20.8 Å². The molecule has 1 unspecified atom stereocenters. The average Bonchev–Trinajstić information content (AvgIpc) is 2.39. The third-order valence-corrected chi connectivity index (χ3v) is 2.98. The van der Waals surface area contributed by atoms with E-state index in [1.54, 1.807) is 0 Å². The Morgan fingerprint density at radius 1 is 1.14 bits per heavy atom. The van der Waals surface area contributed by atoms with Crippen LogP contribution in [0.25, 0.3) is 0 Å². The average molecular weight is 300 g/mol. The highest BCUT2D eigenvalue weighted by Crippen LogP contribution is 2.31. The molecule has 0 heterocycles. The van der Waals surface area contributed by atoms with Gasteiger partial charge in [0.1, 0.15) is 0 Å². The van der Waals surface area contributed by atoms with Crippen molar-refractivity contribution in [1.29, 1.82) is 0 Å². The van der Waals surface area contributed by atoms with E-state index in [0.717, 1.165) is 6.42 Å². The van der Waals surface area contributed by atoms with E-state index >= 15 is 0 Å². The van der Waals surface area contributed by atoms with Gasteiger partial charge in [0.2, 0.25) is 0 Å². The van der Waals surface area contributed by atoms with Crippen molar-refractivity contribution in [2.75, 3.05) is 0 Å². The Hall–Kier alpha value is -1.65. The lowest BCUT2D eigenvalue weighted by molar-refractivity contribution is -0.0520. The number of rotatable bonds is 8. The number of Topliss-reactive ketones (excluding diaryl/α,β-unsaturated/α-hetero) is 1. The molecule has 0 aliphatic rings. The number of ether oxygens (including phenoxy) is 2. The molecule has 1 aromatic rings. The fourth-order valence-corrected chi connectivity index (χ4v) is 1.76. The molecule has 0 saturated carbocycles. The van der Waals surface area contributed by atoms with Crippen molar-refractivity contribution in [3.05, 3.63) is 23.8 Å². The highest BCUT2D eigenvalue weighted by molar-refractivity contribution is 5.96. The maximum atomic E-state index is 12.4. The summed E-state index contributed by atoms with van der Waals surface area (Å²) in [6, 6.07) is 4.33. The van der Waals surface area contributed by atoms with Gasteiger partial charge < -0.3 is 9.47 Å². The van der Waals surface area contributed by atoms with Crippen LogP contribution in [0.4, 0.5) is 8.78 Å². The molecule has 5 heteroatoms. The topological polar surface area (TPSA) is 35.5 Å². The first-order valence-electron chi connectivity index (χ1n) is 7.12. The van der Waals surface area contributed by atoms with Crippen molar-refractivity contribution in [2.45, 2.75) is 53.3 Å². The van der Waals surface area contributed by atoms with Crippen molar-refractivity contribution in [3.8, 4) is 11.5 Å². The first-order valence-corrected chi connectivity index (χ1v) is 7.12. The summed E-state index contributed by atoms with van der Waals surface area (Å²) in [5.41, 5.74) is 0.448. The Kier molecular flexibility index (Phi) is 6.59. The third-order valence-electron chi connectivity index (χ3n) is 2.98. The van der Waals surface area contributed by atoms with Crippen LogP contribution in [0.15, 0.2) is 18.2 Å². The van der Waals surface area contributed by atoms with Crippen LogP contribution in [0.5, 0.6) is 11.5 Å². The maximum absolute atomic E-state index is 12.4. The van der Waals surface area contributed by atoms with Crippen molar-refractivity contribution in [1.82, 2.24) is 0 Å². The summed E-state index contributed by atoms with van der Waals surface area (Å²) >= 11 is 0. The van der Waals surface area contributed by atoms with Gasteiger partial charge in [-0.05, 0) is 37.5 Å². The second-order valence-electron chi connectivity index (χ2n) is 5.40. The molecule has 1 atom stereocenters. The summed E-state index contributed by atoms with van der Waals surface area (Å²) in [5, 5.41) is 0. The van der Waals surface area contributed by atoms with E-state index in [4.69, 9.17) is 4.74 Å². The van der Waals surface area contributed by atoms with Gasteiger partial charge in [-0.25, -0.2) is 0 Å². The van der Waals surface area contributed by atoms with E-state index in [1.807, 2.05) is 27.7 Å². The van der Waals surface area contributed by atoms with E-state index in [0.29, 0.717) is 12.0 Å². The molecule has 118 valence electrons. The van der Waals surface area contributed by atoms with E-state index in [-0.39, 0.29) is 29.3 Å². The van der Waals surface area contributed by atoms with Crippen LogP contribution < -0.4 is 9.47 Å². The van der Waals surface area contributed by atoms with Crippen LogP contribution in [-0.4, -0.2) is 18.5 Å². The molecule has 0 aromatic heterocycles. The largest absolute Gasteiger partial charge is 0.487 e. The van der Waals surface area contributed by atoms with Crippen molar-refractivity contribution in [2.24, 2.45) is 5.92 Å². The van der Waals surface area contributed by atoms with Crippen LogP contribution >= 0.6 is 0 Å². The second kappa shape index (κ2) is 7.96. The molecular weight excluding hydrogens is 278 g/mol. The quantitative estimate of drug-likeness (QED) is 0.653. The van der Waals surface area contributed by atoms with Crippen LogP contribution in [-0.2, 0) is 0 Å². The SMILES string of the molecule is CCC(C)Oc1cc(C(=O)CC(C)C)ccc1OC(F)F.